The maximum atomic E-state index is 11.4. The molecule has 9 nitrogen and oxygen atoms in total. The van der Waals surface area contributed by atoms with Gasteiger partial charge in [0, 0.05) is 19.2 Å². The van der Waals surface area contributed by atoms with E-state index in [0.717, 1.165) is 0 Å². The van der Waals surface area contributed by atoms with Gasteiger partial charge in [-0.3, -0.25) is 25.0 Å². The van der Waals surface area contributed by atoms with Crippen LogP contribution in [0.1, 0.15) is 12.5 Å². The SMILES string of the molecule is CNC(=O)C(C)Nc1c([N+](=O)[O-])cc(C)cc1[N+](=O)[O-]. The highest BCUT2D eigenvalue weighted by molar-refractivity contribution is 5.86. The van der Waals surface area contributed by atoms with Gasteiger partial charge in [-0.2, -0.15) is 0 Å². The fourth-order valence-electron chi connectivity index (χ4n) is 1.68. The number of aryl methyl sites for hydroxylation is 1. The highest BCUT2D eigenvalue weighted by Gasteiger charge is 2.28. The molecule has 0 bridgehead atoms. The Hall–Kier alpha value is -2.71. The van der Waals surface area contributed by atoms with Gasteiger partial charge in [-0.05, 0) is 19.4 Å². The highest BCUT2D eigenvalue weighted by Crippen LogP contribution is 2.35. The molecule has 0 aliphatic heterocycles. The van der Waals surface area contributed by atoms with Gasteiger partial charge in [-0.1, -0.05) is 0 Å². The number of anilines is 1. The van der Waals surface area contributed by atoms with Crippen molar-refractivity contribution in [3.05, 3.63) is 37.9 Å². The topological polar surface area (TPSA) is 127 Å². The molecule has 0 aliphatic carbocycles. The van der Waals surface area contributed by atoms with E-state index in [2.05, 4.69) is 10.6 Å². The first kappa shape index (κ1) is 15.3. The van der Waals surface area contributed by atoms with Crippen LogP contribution in [0, 0.1) is 27.2 Å². The molecule has 1 aromatic carbocycles. The van der Waals surface area contributed by atoms with Crippen molar-refractivity contribution in [3.8, 4) is 0 Å². The predicted octanol–water partition coefficient (Wildman–Crippen LogP) is 1.36. The molecule has 20 heavy (non-hydrogen) atoms. The minimum atomic E-state index is -0.847. The van der Waals surface area contributed by atoms with E-state index in [4.69, 9.17) is 0 Å². The predicted molar refractivity (Wildman–Crippen MR) is 71.6 cm³/mol. The van der Waals surface area contributed by atoms with Crippen LogP contribution in [0.3, 0.4) is 0 Å². The first-order chi connectivity index (χ1) is 9.27. The third-order valence-electron chi connectivity index (χ3n) is 2.63. The lowest BCUT2D eigenvalue weighted by Crippen LogP contribution is -2.35. The molecule has 1 aromatic rings. The molecule has 0 fully saturated rings. The van der Waals surface area contributed by atoms with Crippen molar-refractivity contribution in [2.75, 3.05) is 12.4 Å². The van der Waals surface area contributed by atoms with Gasteiger partial charge in [0.1, 0.15) is 6.04 Å². The maximum Gasteiger partial charge on any atom is 0.299 e. The highest BCUT2D eigenvalue weighted by atomic mass is 16.6. The fourth-order valence-corrected chi connectivity index (χ4v) is 1.68. The quantitative estimate of drug-likeness (QED) is 0.619. The van der Waals surface area contributed by atoms with E-state index < -0.39 is 33.2 Å². The van der Waals surface area contributed by atoms with Gasteiger partial charge in [0.25, 0.3) is 11.4 Å². The summed E-state index contributed by atoms with van der Waals surface area (Å²) in [5, 5.41) is 26.9. The van der Waals surface area contributed by atoms with Crippen LogP contribution < -0.4 is 10.6 Å². The van der Waals surface area contributed by atoms with E-state index in [-0.39, 0.29) is 5.69 Å². The van der Waals surface area contributed by atoms with Crippen LogP contribution in [0.4, 0.5) is 17.1 Å². The zero-order valence-corrected chi connectivity index (χ0v) is 11.2. The summed E-state index contributed by atoms with van der Waals surface area (Å²) in [7, 11) is 1.40. The molecule has 1 rings (SSSR count). The van der Waals surface area contributed by atoms with Gasteiger partial charge in [-0.25, -0.2) is 0 Å². The number of hydrogen-bond donors (Lipinski definition) is 2. The Kier molecular flexibility index (Phi) is 4.57. The summed E-state index contributed by atoms with van der Waals surface area (Å²) in [6.07, 6.45) is 0. The first-order valence-electron chi connectivity index (χ1n) is 5.69. The standard InChI is InChI=1S/C11H14N4O5/c1-6-4-8(14(17)18)10(9(5-6)15(19)20)13-7(2)11(16)12-3/h4-5,7,13H,1-3H3,(H,12,16). The van der Waals surface area contributed by atoms with Crippen molar-refractivity contribution in [3.63, 3.8) is 0 Å². The Balaban J connectivity index is 3.37. The molecule has 0 radical (unpaired) electrons. The van der Waals surface area contributed by atoms with Gasteiger partial charge in [0.2, 0.25) is 5.91 Å². The number of benzene rings is 1. The maximum absolute atomic E-state index is 11.4. The Morgan fingerprint density at radius 2 is 1.65 bits per heavy atom. The number of hydrogen-bond acceptors (Lipinski definition) is 6. The van der Waals surface area contributed by atoms with Gasteiger partial charge in [0.15, 0.2) is 5.69 Å². The third-order valence-corrected chi connectivity index (χ3v) is 2.63. The van der Waals surface area contributed by atoms with Crippen LogP contribution >= 0.6 is 0 Å². The van der Waals surface area contributed by atoms with Crippen molar-refractivity contribution in [1.82, 2.24) is 5.32 Å². The molecule has 108 valence electrons. The van der Waals surface area contributed by atoms with E-state index in [0.29, 0.717) is 5.56 Å². The van der Waals surface area contributed by atoms with Crippen LogP contribution in [0.2, 0.25) is 0 Å². The van der Waals surface area contributed by atoms with Gasteiger partial charge < -0.3 is 10.6 Å². The lowest BCUT2D eigenvalue weighted by atomic mass is 10.1. The molecule has 0 spiro atoms. The summed E-state index contributed by atoms with van der Waals surface area (Å²) in [5.74, 6) is -0.436. The molecule has 2 N–H and O–H groups in total. The largest absolute Gasteiger partial charge is 0.363 e. The van der Waals surface area contributed by atoms with Crippen LogP contribution in [-0.2, 0) is 4.79 Å². The monoisotopic (exact) mass is 282 g/mol. The van der Waals surface area contributed by atoms with E-state index in [1.807, 2.05) is 0 Å². The Morgan fingerprint density at radius 3 is 2.00 bits per heavy atom. The molecule has 0 aliphatic rings. The lowest BCUT2D eigenvalue weighted by molar-refractivity contribution is -0.392. The van der Waals surface area contributed by atoms with Crippen molar-refractivity contribution in [2.24, 2.45) is 0 Å². The summed E-state index contributed by atoms with van der Waals surface area (Å²) in [6, 6.07) is 1.58. The Morgan fingerprint density at radius 1 is 1.20 bits per heavy atom. The number of nitro benzene ring substituents is 2. The fraction of sp³-hybridized carbons (Fsp3) is 0.364. The minimum absolute atomic E-state index is 0.276. The molecule has 0 saturated carbocycles. The smallest absolute Gasteiger partial charge is 0.299 e. The van der Waals surface area contributed by atoms with Crippen LogP contribution in [0.15, 0.2) is 12.1 Å². The molecule has 0 saturated heterocycles. The minimum Gasteiger partial charge on any atom is -0.363 e. The van der Waals surface area contributed by atoms with Crippen molar-refractivity contribution in [1.29, 1.82) is 0 Å². The summed E-state index contributed by atoms with van der Waals surface area (Å²) >= 11 is 0. The number of carbonyl (C=O) groups excluding carboxylic acids is 1. The molecule has 0 heterocycles. The van der Waals surface area contributed by atoms with Crippen LogP contribution in [0.25, 0.3) is 0 Å². The number of nitrogens with zero attached hydrogens (tertiary/aromatic N) is 2. The second-order valence-electron chi connectivity index (χ2n) is 4.17. The second-order valence-corrected chi connectivity index (χ2v) is 4.17. The molecule has 1 amide bonds. The van der Waals surface area contributed by atoms with Gasteiger partial charge in [0.05, 0.1) is 9.85 Å². The van der Waals surface area contributed by atoms with Crippen molar-refractivity contribution < 1.29 is 14.6 Å². The molecule has 1 atom stereocenters. The van der Waals surface area contributed by atoms with Crippen LogP contribution in [0.5, 0.6) is 0 Å². The zero-order valence-electron chi connectivity index (χ0n) is 11.2. The van der Waals surface area contributed by atoms with Gasteiger partial charge in [-0.15, -0.1) is 0 Å². The van der Waals surface area contributed by atoms with E-state index in [1.165, 1.54) is 33.0 Å². The van der Waals surface area contributed by atoms with Crippen LogP contribution in [-0.4, -0.2) is 28.8 Å². The number of rotatable bonds is 5. The summed E-state index contributed by atoms with van der Waals surface area (Å²) in [5.41, 5.74) is -0.761. The average Bonchev–Trinajstić information content (AvgIpc) is 2.38. The number of carbonyl (C=O) groups is 1. The van der Waals surface area contributed by atoms with Crippen molar-refractivity contribution >= 4 is 23.0 Å². The number of amides is 1. The average molecular weight is 282 g/mol. The Labute approximate surface area is 114 Å². The third kappa shape index (κ3) is 3.19. The number of nitrogens with one attached hydrogen (secondary N) is 2. The van der Waals surface area contributed by atoms with Crippen molar-refractivity contribution in [2.45, 2.75) is 19.9 Å². The Bertz CT molecular complexity index is 537. The lowest BCUT2D eigenvalue weighted by Gasteiger charge is -2.14. The molecule has 9 heteroatoms. The molecular weight excluding hydrogens is 268 g/mol. The summed E-state index contributed by atoms with van der Waals surface area (Å²) in [6.45, 7) is 2.97. The number of nitro groups is 2. The van der Waals surface area contributed by atoms with E-state index in [1.54, 1.807) is 0 Å². The summed E-state index contributed by atoms with van der Waals surface area (Å²) < 4.78 is 0. The normalized spacial score (nSPS) is 11.6. The number of likely N-dealkylation sites (N-methyl/N-ethyl adjacent to an activating group) is 1. The summed E-state index contributed by atoms with van der Waals surface area (Å²) in [4.78, 5) is 32.0. The molecular formula is C11H14N4O5. The van der Waals surface area contributed by atoms with E-state index in [9.17, 15) is 25.0 Å². The van der Waals surface area contributed by atoms with Gasteiger partial charge >= 0.3 is 0 Å². The molecule has 1 unspecified atom stereocenters. The zero-order chi connectivity index (χ0) is 15.4. The van der Waals surface area contributed by atoms with E-state index >= 15 is 0 Å². The first-order valence-corrected chi connectivity index (χ1v) is 5.69. The second kappa shape index (κ2) is 5.95. The molecule has 0 aromatic heterocycles.